The van der Waals surface area contributed by atoms with Crippen LogP contribution in [-0.4, -0.2) is 18.4 Å². The second-order valence-corrected chi connectivity index (χ2v) is 16.8. The van der Waals surface area contributed by atoms with Gasteiger partial charge < -0.3 is 9.53 Å². The fourth-order valence-corrected chi connectivity index (χ4v) is 5.22. The summed E-state index contributed by atoms with van der Waals surface area (Å²) in [6, 6.07) is 5.16. The predicted octanol–water partition coefficient (Wildman–Crippen LogP) is 8.88. The zero-order valence-electron chi connectivity index (χ0n) is 23.8. The topological polar surface area (TPSA) is 42.4 Å². The molecule has 2 aromatic rings. The van der Waals surface area contributed by atoms with Gasteiger partial charge in [-0.25, -0.2) is 4.39 Å². The van der Waals surface area contributed by atoms with E-state index >= 15 is 0 Å². The summed E-state index contributed by atoms with van der Waals surface area (Å²) in [6.45, 7) is 22.5. The lowest BCUT2D eigenvalue weighted by atomic mass is 9.85. The van der Waals surface area contributed by atoms with Crippen LogP contribution in [0, 0.1) is 5.82 Å². The van der Waals surface area contributed by atoms with E-state index < -0.39 is 8.32 Å². The maximum Gasteiger partial charge on any atom is 0.192 e. The molecule has 196 valence electrons. The van der Waals surface area contributed by atoms with Crippen molar-refractivity contribution in [1.29, 1.82) is 0 Å². The molecule has 2 rings (SSSR count). The molecule has 0 spiro atoms. The van der Waals surface area contributed by atoms with Gasteiger partial charge in [0.05, 0.1) is 13.2 Å². The summed E-state index contributed by atoms with van der Waals surface area (Å²) >= 11 is 0. The van der Waals surface area contributed by atoms with Crippen LogP contribution in [0.25, 0.3) is 11.1 Å². The van der Waals surface area contributed by atoms with E-state index in [4.69, 9.17) is 9.41 Å². The van der Waals surface area contributed by atoms with E-state index in [-0.39, 0.29) is 29.3 Å². The molecule has 1 N–H and O–H groups in total. The molecular formula is C30H48FNO2Si. The number of benzene rings is 1. The summed E-state index contributed by atoms with van der Waals surface area (Å²) in [4.78, 5) is 5.27. The normalized spacial score (nSPS) is 12.7. The van der Waals surface area contributed by atoms with Crippen molar-refractivity contribution in [2.75, 3.05) is 0 Å². The predicted molar refractivity (Wildman–Crippen MR) is 149 cm³/mol. The van der Waals surface area contributed by atoms with E-state index in [1.165, 1.54) is 11.6 Å². The molecule has 0 amide bonds. The van der Waals surface area contributed by atoms with Crippen molar-refractivity contribution >= 4 is 8.32 Å². The second kappa shape index (κ2) is 12.1. The van der Waals surface area contributed by atoms with Gasteiger partial charge in [0.25, 0.3) is 0 Å². The van der Waals surface area contributed by atoms with Crippen molar-refractivity contribution in [3.63, 3.8) is 0 Å². The Hall–Kier alpha value is -1.56. The summed E-state index contributed by atoms with van der Waals surface area (Å²) in [5, 5.41) is 9.91. The van der Waals surface area contributed by atoms with Crippen LogP contribution in [0.2, 0.25) is 18.1 Å². The van der Waals surface area contributed by atoms with E-state index in [1.807, 2.05) is 12.1 Å². The van der Waals surface area contributed by atoms with Gasteiger partial charge in [-0.15, -0.1) is 0 Å². The maximum absolute atomic E-state index is 14.4. The number of hydrogen-bond donors (Lipinski definition) is 1. The van der Waals surface area contributed by atoms with Crippen molar-refractivity contribution in [3.8, 4) is 11.1 Å². The molecule has 0 aliphatic carbocycles. The molecule has 0 aliphatic heterocycles. The highest BCUT2D eigenvalue weighted by Gasteiger charge is 2.38. The van der Waals surface area contributed by atoms with Crippen molar-refractivity contribution < 1.29 is 13.9 Å². The minimum Gasteiger partial charge on any atom is -0.412 e. The van der Waals surface area contributed by atoms with Crippen molar-refractivity contribution in [2.45, 2.75) is 124 Å². The molecular weight excluding hydrogens is 453 g/mol. The molecule has 0 radical (unpaired) electrons. The Labute approximate surface area is 214 Å². The number of aromatic nitrogens is 1. The third-order valence-electron chi connectivity index (χ3n) is 7.48. The Morgan fingerprint density at radius 2 is 1.60 bits per heavy atom. The Balaban J connectivity index is 2.87. The molecule has 3 nitrogen and oxygen atoms in total. The largest absolute Gasteiger partial charge is 0.412 e. The molecule has 5 heteroatoms. The van der Waals surface area contributed by atoms with E-state index in [0.29, 0.717) is 12.2 Å². The molecule has 35 heavy (non-hydrogen) atoms. The van der Waals surface area contributed by atoms with Crippen LogP contribution in [0.5, 0.6) is 0 Å². The second-order valence-electron chi connectivity index (χ2n) is 12.0. The minimum atomic E-state index is -2.01. The van der Waals surface area contributed by atoms with Gasteiger partial charge in [-0.2, -0.15) is 0 Å². The monoisotopic (exact) mass is 501 g/mol. The first kappa shape index (κ1) is 29.7. The van der Waals surface area contributed by atoms with Gasteiger partial charge in [-0.3, -0.25) is 4.98 Å². The lowest BCUT2D eigenvalue weighted by Gasteiger charge is -2.37. The zero-order valence-corrected chi connectivity index (χ0v) is 24.8. The maximum atomic E-state index is 14.4. The average molecular weight is 502 g/mol. The van der Waals surface area contributed by atoms with Crippen LogP contribution in [0.1, 0.15) is 115 Å². The van der Waals surface area contributed by atoms with Gasteiger partial charge >= 0.3 is 0 Å². The fraction of sp³-hybridized carbons (Fsp3) is 0.633. The van der Waals surface area contributed by atoms with Gasteiger partial charge in [-0.1, -0.05) is 74.3 Å². The highest BCUT2D eigenvalue weighted by atomic mass is 28.4. The minimum absolute atomic E-state index is 0.0976. The SMILES string of the molecule is CCCCCc1c(C(C)C)nc(C(C)C)c(CO[Si](C)(C)C(C)(C)C)c1-c1ccc(F)c(CO)c1. The van der Waals surface area contributed by atoms with Crippen LogP contribution in [-0.2, 0) is 24.1 Å². The number of aliphatic hydroxyl groups excluding tert-OH is 1. The van der Waals surface area contributed by atoms with Crippen LogP contribution in [0.4, 0.5) is 4.39 Å². The highest BCUT2D eigenvalue weighted by Crippen LogP contribution is 2.41. The Kier molecular flexibility index (Phi) is 10.3. The molecule has 1 aromatic carbocycles. The van der Waals surface area contributed by atoms with Gasteiger partial charge in [0.2, 0.25) is 0 Å². The van der Waals surface area contributed by atoms with Crippen LogP contribution in [0.3, 0.4) is 0 Å². The first-order chi connectivity index (χ1) is 16.2. The lowest BCUT2D eigenvalue weighted by molar-refractivity contribution is 0.274. The number of nitrogens with zero attached hydrogens (tertiary/aromatic N) is 1. The first-order valence-corrected chi connectivity index (χ1v) is 16.2. The molecule has 0 aliphatic rings. The Bertz CT molecular complexity index is 993. The number of halogens is 1. The highest BCUT2D eigenvalue weighted by molar-refractivity contribution is 6.74. The van der Waals surface area contributed by atoms with Crippen LogP contribution in [0.15, 0.2) is 18.2 Å². The number of pyridine rings is 1. The third kappa shape index (κ3) is 7.02. The molecule has 0 unspecified atom stereocenters. The lowest BCUT2D eigenvalue weighted by Crippen LogP contribution is -2.40. The Morgan fingerprint density at radius 3 is 2.11 bits per heavy atom. The van der Waals surface area contributed by atoms with Gasteiger partial charge in [0.15, 0.2) is 8.32 Å². The first-order valence-electron chi connectivity index (χ1n) is 13.3. The van der Waals surface area contributed by atoms with Gasteiger partial charge in [0.1, 0.15) is 5.82 Å². The number of aliphatic hydroxyl groups is 1. The van der Waals surface area contributed by atoms with Gasteiger partial charge in [0, 0.05) is 22.5 Å². The molecule has 0 saturated carbocycles. The van der Waals surface area contributed by atoms with E-state index in [0.717, 1.165) is 53.8 Å². The summed E-state index contributed by atoms with van der Waals surface area (Å²) in [5.41, 5.74) is 6.98. The van der Waals surface area contributed by atoms with Crippen LogP contribution >= 0.6 is 0 Å². The molecule has 1 heterocycles. The molecule has 0 atom stereocenters. The summed E-state index contributed by atoms with van der Waals surface area (Å²) < 4.78 is 21.2. The van der Waals surface area contributed by atoms with E-state index in [1.54, 1.807) is 0 Å². The third-order valence-corrected chi connectivity index (χ3v) is 12.0. The molecule has 0 saturated heterocycles. The number of hydrogen-bond acceptors (Lipinski definition) is 3. The quantitative estimate of drug-likeness (QED) is 0.247. The van der Waals surface area contributed by atoms with Crippen molar-refractivity contribution in [1.82, 2.24) is 4.98 Å². The van der Waals surface area contributed by atoms with E-state index in [2.05, 4.69) is 68.5 Å². The molecule has 0 bridgehead atoms. The fourth-order valence-electron chi connectivity index (χ4n) is 4.28. The number of unbranched alkanes of at least 4 members (excludes halogenated alkanes) is 2. The van der Waals surface area contributed by atoms with E-state index in [9.17, 15) is 9.50 Å². The standard InChI is InChI=1S/C30H48FNO2Si/c1-11-12-13-14-24-27(22-15-16-26(31)23(17-22)18-33)25(19-34-35(9,10)30(6,7)8)29(21(4)5)32-28(24)20(2)3/h15-17,20-21,33H,11-14,18-19H2,1-10H3. The van der Waals surface area contributed by atoms with Crippen molar-refractivity contribution in [2.24, 2.45) is 0 Å². The van der Waals surface area contributed by atoms with Crippen LogP contribution < -0.4 is 0 Å². The average Bonchev–Trinajstić information content (AvgIpc) is 2.76. The smallest absolute Gasteiger partial charge is 0.192 e. The summed E-state index contributed by atoms with van der Waals surface area (Å²) in [6.07, 6.45) is 4.32. The molecule has 1 aromatic heterocycles. The summed E-state index contributed by atoms with van der Waals surface area (Å²) in [7, 11) is -2.01. The summed E-state index contributed by atoms with van der Waals surface area (Å²) in [5.74, 6) is 0.132. The van der Waals surface area contributed by atoms with Crippen molar-refractivity contribution in [3.05, 3.63) is 52.1 Å². The number of rotatable bonds is 11. The van der Waals surface area contributed by atoms with Gasteiger partial charge in [-0.05, 0) is 71.6 Å². The molecule has 0 fully saturated rings. The Morgan fingerprint density at radius 1 is 1.00 bits per heavy atom. The zero-order chi connectivity index (χ0) is 26.6.